The number of aliphatic hydroxyl groups excluding tert-OH is 10. The van der Waals surface area contributed by atoms with E-state index in [4.69, 9.17) is 23.7 Å². The van der Waals surface area contributed by atoms with E-state index in [9.17, 15) is 56.2 Å². The number of ether oxygens (including phenoxy) is 5. The van der Waals surface area contributed by atoms with Crippen LogP contribution in [0.4, 0.5) is 0 Å². The first-order chi connectivity index (χ1) is 15.9. The minimum absolute atomic E-state index is 0.743. The highest BCUT2D eigenvalue weighted by Crippen LogP contribution is 2.37. The molecule has 34 heavy (non-hydrogen) atoms. The molecule has 3 aliphatic rings. The van der Waals surface area contributed by atoms with Gasteiger partial charge in [-0.15, -0.1) is 0 Å². The van der Waals surface area contributed by atoms with Crippen molar-refractivity contribution in [2.45, 2.75) is 78.9 Å². The van der Waals surface area contributed by atoms with Crippen LogP contribution in [0.1, 0.15) is 0 Å². The molecule has 3 fully saturated rings. The van der Waals surface area contributed by atoms with Gasteiger partial charge < -0.3 is 79.9 Å². The van der Waals surface area contributed by atoms with Crippen LogP contribution in [-0.4, -0.2) is 168 Å². The van der Waals surface area contributed by atoms with Gasteiger partial charge in [0.05, 0.1) is 19.8 Å². The van der Waals surface area contributed by atoms with Crippen LogP contribution in [0.2, 0.25) is 0 Å². The van der Waals surface area contributed by atoms with Crippen molar-refractivity contribution < 1.29 is 79.9 Å². The predicted octanol–water partition coefficient (Wildman–Crippen LogP) is -7.57. The molecule has 0 amide bonds. The van der Waals surface area contributed by atoms with E-state index in [2.05, 4.69) is 0 Å². The van der Waals surface area contributed by atoms with Crippen LogP contribution in [0.25, 0.3) is 0 Å². The van der Waals surface area contributed by atoms with Gasteiger partial charge in [0.1, 0.15) is 74.3 Å². The Morgan fingerprint density at radius 1 is 0.618 bits per heavy atom. The molecule has 0 aromatic rings. The van der Waals surface area contributed by atoms with Gasteiger partial charge in [-0.25, -0.2) is 0 Å². The molecule has 3 heterocycles. The highest BCUT2D eigenvalue weighted by molar-refractivity contribution is 5.00. The van der Waals surface area contributed by atoms with E-state index in [1.165, 1.54) is 0 Å². The lowest BCUT2D eigenvalue weighted by Crippen LogP contribution is -2.61. The van der Waals surface area contributed by atoms with Gasteiger partial charge in [0, 0.05) is 0 Å². The first-order valence-corrected chi connectivity index (χ1v) is 10.5. The summed E-state index contributed by atoms with van der Waals surface area (Å²) in [6.07, 6.45) is -18.3. The lowest BCUT2D eigenvalue weighted by atomic mass is 9.99. The molecule has 13 atom stereocenters. The Labute approximate surface area is 192 Å². The molecule has 0 aromatic carbocycles. The summed E-state index contributed by atoms with van der Waals surface area (Å²) in [4.78, 5) is 0. The van der Waals surface area contributed by atoms with Gasteiger partial charge in [-0.1, -0.05) is 0 Å². The van der Waals surface area contributed by atoms with Crippen molar-refractivity contribution in [2.75, 3.05) is 33.0 Å². The predicted molar refractivity (Wildman–Crippen MR) is 101 cm³/mol. The second-order valence-electron chi connectivity index (χ2n) is 8.50. The van der Waals surface area contributed by atoms with Crippen molar-refractivity contribution in [3.63, 3.8) is 0 Å². The molecule has 3 rings (SSSR count). The topological polar surface area (TPSA) is 269 Å². The first-order valence-electron chi connectivity index (χ1n) is 10.5. The summed E-state index contributed by atoms with van der Waals surface area (Å²) < 4.78 is 26.4. The summed E-state index contributed by atoms with van der Waals surface area (Å²) in [5.41, 5.74) is 0. The Balaban J connectivity index is 1.77. The lowest BCUT2D eigenvalue weighted by molar-refractivity contribution is -0.357. The number of rotatable bonds is 9. The monoisotopic (exact) mass is 504 g/mol. The molecule has 0 aromatic heterocycles. The second kappa shape index (κ2) is 10.8. The second-order valence-corrected chi connectivity index (χ2v) is 8.50. The zero-order valence-electron chi connectivity index (χ0n) is 17.8. The van der Waals surface area contributed by atoms with Crippen molar-refractivity contribution in [1.82, 2.24) is 0 Å². The standard InChI is InChI=1S/C18H32O16/c19-1-6-9(22)12(25)13(26)16(32-6)30-5-18(15(28)11(24)8(3-21)34-18)31-4-17(29)14(27)10(23)7(2-20)33-17/h6-16,19-29H,1-5H2/t6-,7-,8+,9-,10-,11+,12+,13-,14+,15-,16+,17-,18+/m1/s1. The largest absolute Gasteiger partial charge is 0.394 e. The summed E-state index contributed by atoms with van der Waals surface area (Å²) in [6.45, 7) is -4.15. The van der Waals surface area contributed by atoms with Crippen molar-refractivity contribution in [3.05, 3.63) is 0 Å². The van der Waals surface area contributed by atoms with Gasteiger partial charge in [0.2, 0.25) is 11.6 Å². The molecule has 0 spiro atoms. The van der Waals surface area contributed by atoms with Gasteiger partial charge in [0.25, 0.3) is 0 Å². The van der Waals surface area contributed by atoms with Crippen LogP contribution in [0.15, 0.2) is 0 Å². The van der Waals surface area contributed by atoms with E-state index in [0.717, 1.165) is 0 Å². The Hall–Kier alpha value is -0.640. The zero-order valence-corrected chi connectivity index (χ0v) is 17.8. The Morgan fingerprint density at radius 2 is 1.18 bits per heavy atom. The molecule has 0 radical (unpaired) electrons. The molecule has 200 valence electrons. The average Bonchev–Trinajstić information content (AvgIpc) is 3.21. The van der Waals surface area contributed by atoms with E-state index in [-0.39, 0.29) is 0 Å². The molecule has 0 bridgehead atoms. The van der Waals surface area contributed by atoms with Crippen molar-refractivity contribution in [1.29, 1.82) is 0 Å². The Kier molecular flexibility index (Phi) is 8.85. The molecule has 0 unspecified atom stereocenters. The average molecular weight is 504 g/mol. The lowest BCUT2D eigenvalue weighted by Gasteiger charge is -2.41. The molecular formula is C18H32O16. The Bertz CT molecular complexity index is 668. The normalized spacial score (nSPS) is 51.8. The van der Waals surface area contributed by atoms with E-state index in [1.807, 2.05) is 0 Å². The van der Waals surface area contributed by atoms with Gasteiger partial charge in [-0.3, -0.25) is 0 Å². The molecule has 3 saturated heterocycles. The van der Waals surface area contributed by atoms with Gasteiger partial charge in [-0.05, 0) is 0 Å². The third kappa shape index (κ3) is 4.96. The first kappa shape index (κ1) is 27.9. The SMILES string of the molecule is OC[C@@H]1O[C@](CO[C@H]2O[C@H](CO)[C@@H](O)[C@H](O)[C@H]2O)(OC[C@@]2(O)O[C@H](CO)[C@@H](O)[C@@H]2O)[C@H](O)[C@H]1O. The van der Waals surface area contributed by atoms with Crippen LogP contribution < -0.4 is 0 Å². The summed E-state index contributed by atoms with van der Waals surface area (Å²) in [6, 6.07) is 0. The van der Waals surface area contributed by atoms with Gasteiger partial charge in [-0.2, -0.15) is 0 Å². The summed E-state index contributed by atoms with van der Waals surface area (Å²) in [7, 11) is 0. The highest BCUT2D eigenvalue weighted by Gasteiger charge is 2.60. The minimum Gasteiger partial charge on any atom is -0.394 e. The third-order valence-electron chi connectivity index (χ3n) is 6.21. The highest BCUT2D eigenvalue weighted by atomic mass is 16.8. The third-order valence-corrected chi connectivity index (χ3v) is 6.21. The minimum atomic E-state index is -2.59. The van der Waals surface area contributed by atoms with Crippen molar-refractivity contribution >= 4 is 0 Å². The molecule has 3 aliphatic heterocycles. The molecule has 0 aliphatic carbocycles. The van der Waals surface area contributed by atoms with E-state index < -0.39 is 112 Å². The smallest absolute Gasteiger partial charge is 0.222 e. The van der Waals surface area contributed by atoms with Gasteiger partial charge in [0.15, 0.2) is 6.29 Å². The maximum absolute atomic E-state index is 10.6. The van der Waals surface area contributed by atoms with Crippen LogP contribution in [0.3, 0.4) is 0 Å². The molecule has 0 saturated carbocycles. The van der Waals surface area contributed by atoms with Crippen LogP contribution in [0.5, 0.6) is 0 Å². The zero-order chi connectivity index (χ0) is 25.4. The Morgan fingerprint density at radius 3 is 1.71 bits per heavy atom. The fourth-order valence-electron chi connectivity index (χ4n) is 4.05. The fourth-order valence-corrected chi connectivity index (χ4v) is 4.05. The van der Waals surface area contributed by atoms with Crippen LogP contribution >= 0.6 is 0 Å². The molecule has 16 nitrogen and oxygen atoms in total. The maximum atomic E-state index is 10.6. The molecule has 16 heteroatoms. The summed E-state index contributed by atoms with van der Waals surface area (Å²) in [5.74, 6) is -4.96. The van der Waals surface area contributed by atoms with Crippen LogP contribution in [-0.2, 0) is 23.7 Å². The quantitative estimate of drug-likeness (QED) is 0.139. The summed E-state index contributed by atoms with van der Waals surface area (Å²) >= 11 is 0. The van der Waals surface area contributed by atoms with Crippen molar-refractivity contribution in [2.24, 2.45) is 0 Å². The van der Waals surface area contributed by atoms with Crippen molar-refractivity contribution in [3.8, 4) is 0 Å². The van der Waals surface area contributed by atoms with E-state index in [1.54, 1.807) is 0 Å². The fraction of sp³-hybridized carbons (Fsp3) is 1.00. The van der Waals surface area contributed by atoms with Gasteiger partial charge >= 0.3 is 0 Å². The summed E-state index contributed by atoms with van der Waals surface area (Å²) in [5, 5.41) is 109. The number of aliphatic hydroxyl groups is 11. The molecular weight excluding hydrogens is 472 g/mol. The molecule has 11 N–H and O–H groups in total. The van der Waals surface area contributed by atoms with E-state index in [0.29, 0.717) is 0 Å². The van der Waals surface area contributed by atoms with Crippen LogP contribution in [0, 0.1) is 0 Å². The number of hydrogen-bond donors (Lipinski definition) is 11. The number of hydrogen-bond acceptors (Lipinski definition) is 16. The van der Waals surface area contributed by atoms with E-state index >= 15 is 0 Å². The maximum Gasteiger partial charge on any atom is 0.222 e.